The van der Waals surface area contributed by atoms with Gasteiger partial charge in [0.2, 0.25) is 5.91 Å². The molecular weight excluding hydrogens is 278 g/mol. The molecule has 0 saturated heterocycles. The van der Waals surface area contributed by atoms with Gasteiger partial charge in [0.1, 0.15) is 5.75 Å². The number of benzene rings is 1. The van der Waals surface area contributed by atoms with E-state index >= 15 is 0 Å². The number of amides is 1. The lowest BCUT2D eigenvalue weighted by atomic mass is 10.2. The topological polar surface area (TPSA) is 56.1 Å². The maximum atomic E-state index is 12.1. The Kier molecular flexibility index (Phi) is 5.58. The van der Waals surface area contributed by atoms with Crippen molar-refractivity contribution >= 4 is 11.6 Å². The summed E-state index contributed by atoms with van der Waals surface area (Å²) < 4.78 is 7.48. The average Bonchev–Trinajstić information content (AvgIpc) is 2.91. The number of rotatable bonds is 7. The molecule has 0 atom stereocenters. The summed E-state index contributed by atoms with van der Waals surface area (Å²) in [5.74, 6) is 0.684. The highest BCUT2D eigenvalue weighted by Gasteiger charge is 2.09. The first-order chi connectivity index (χ1) is 10.6. The van der Waals surface area contributed by atoms with Crippen molar-refractivity contribution in [3.05, 3.63) is 41.7 Å². The van der Waals surface area contributed by atoms with E-state index in [2.05, 4.69) is 17.3 Å². The van der Waals surface area contributed by atoms with Crippen molar-refractivity contribution in [2.24, 2.45) is 0 Å². The average molecular weight is 301 g/mol. The molecule has 0 unspecified atom stereocenters. The molecule has 1 N–H and O–H groups in total. The number of carbonyl (C=O) groups excluding carboxylic acids is 1. The smallest absolute Gasteiger partial charge is 0.226 e. The van der Waals surface area contributed by atoms with Crippen molar-refractivity contribution in [3.8, 4) is 5.75 Å². The zero-order valence-electron chi connectivity index (χ0n) is 13.4. The second-order valence-electron chi connectivity index (χ2n) is 5.43. The SMILES string of the molecule is CCCOc1cc(C)ccc1NC(=O)CCn1cc(C)cn1. The molecule has 1 aromatic heterocycles. The minimum atomic E-state index is -0.0432. The van der Waals surface area contributed by atoms with Crippen LogP contribution in [0.2, 0.25) is 0 Å². The van der Waals surface area contributed by atoms with E-state index in [0.29, 0.717) is 19.6 Å². The van der Waals surface area contributed by atoms with Crippen molar-refractivity contribution in [1.82, 2.24) is 9.78 Å². The summed E-state index contributed by atoms with van der Waals surface area (Å²) in [5.41, 5.74) is 2.92. The van der Waals surface area contributed by atoms with Crippen LogP contribution in [0.3, 0.4) is 0 Å². The minimum absolute atomic E-state index is 0.0432. The maximum Gasteiger partial charge on any atom is 0.226 e. The second-order valence-corrected chi connectivity index (χ2v) is 5.43. The van der Waals surface area contributed by atoms with E-state index < -0.39 is 0 Å². The first kappa shape index (κ1) is 16.1. The standard InChI is InChI=1S/C17H23N3O2/c1-4-9-22-16-10-13(2)5-6-15(16)19-17(21)7-8-20-12-14(3)11-18-20/h5-6,10-12H,4,7-9H2,1-3H3,(H,19,21). The van der Waals surface area contributed by atoms with E-state index in [4.69, 9.17) is 4.74 Å². The van der Waals surface area contributed by atoms with Gasteiger partial charge >= 0.3 is 0 Å². The van der Waals surface area contributed by atoms with Crippen LogP contribution in [0.4, 0.5) is 5.69 Å². The molecule has 0 aliphatic rings. The number of aromatic nitrogens is 2. The lowest BCUT2D eigenvalue weighted by Crippen LogP contribution is -2.15. The number of anilines is 1. The Balaban J connectivity index is 1.95. The molecule has 0 saturated carbocycles. The molecule has 1 aromatic carbocycles. The summed E-state index contributed by atoms with van der Waals surface area (Å²) in [7, 11) is 0. The van der Waals surface area contributed by atoms with Crippen LogP contribution in [0.5, 0.6) is 5.75 Å². The molecule has 2 aromatic rings. The summed E-state index contributed by atoms with van der Waals surface area (Å²) in [5, 5.41) is 7.10. The molecule has 0 bridgehead atoms. The summed E-state index contributed by atoms with van der Waals surface area (Å²) in [6.07, 6.45) is 5.02. The monoisotopic (exact) mass is 301 g/mol. The molecule has 2 rings (SSSR count). The number of hydrogen-bond acceptors (Lipinski definition) is 3. The van der Waals surface area contributed by atoms with Crippen LogP contribution < -0.4 is 10.1 Å². The number of ether oxygens (including phenoxy) is 1. The number of nitrogens with one attached hydrogen (secondary N) is 1. The molecule has 0 aliphatic carbocycles. The molecule has 1 amide bonds. The fourth-order valence-corrected chi connectivity index (χ4v) is 2.08. The lowest BCUT2D eigenvalue weighted by molar-refractivity contribution is -0.116. The van der Waals surface area contributed by atoms with Gasteiger partial charge in [0.25, 0.3) is 0 Å². The fraction of sp³-hybridized carbons (Fsp3) is 0.412. The van der Waals surface area contributed by atoms with E-state index in [0.717, 1.165) is 29.0 Å². The maximum absolute atomic E-state index is 12.1. The highest BCUT2D eigenvalue weighted by molar-refractivity contribution is 5.92. The third kappa shape index (κ3) is 4.62. The molecule has 0 aliphatic heterocycles. The van der Waals surface area contributed by atoms with Crippen molar-refractivity contribution in [1.29, 1.82) is 0 Å². The Morgan fingerprint density at radius 2 is 2.14 bits per heavy atom. The van der Waals surface area contributed by atoms with E-state index in [1.807, 2.05) is 38.2 Å². The second kappa shape index (κ2) is 7.64. The van der Waals surface area contributed by atoms with Gasteiger partial charge in [-0.15, -0.1) is 0 Å². The first-order valence-corrected chi connectivity index (χ1v) is 7.61. The molecule has 0 radical (unpaired) electrons. The highest BCUT2D eigenvalue weighted by atomic mass is 16.5. The van der Waals surface area contributed by atoms with Crippen molar-refractivity contribution in [2.75, 3.05) is 11.9 Å². The van der Waals surface area contributed by atoms with E-state index in [1.54, 1.807) is 10.9 Å². The van der Waals surface area contributed by atoms with Crippen LogP contribution in [0, 0.1) is 13.8 Å². The number of hydrogen-bond donors (Lipinski definition) is 1. The zero-order valence-corrected chi connectivity index (χ0v) is 13.4. The third-order valence-corrected chi connectivity index (χ3v) is 3.20. The molecule has 5 heteroatoms. The molecular formula is C17H23N3O2. The molecule has 118 valence electrons. The predicted molar refractivity (Wildman–Crippen MR) is 87.2 cm³/mol. The summed E-state index contributed by atoms with van der Waals surface area (Å²) in [6.45, 7) is 7.24. The van der Waals surface area contributed by atoms with Crippen LogP contribution in [-0.4, -0.2) is 22.3 Å². The normalized spacial score (nSPS) is 10.5. The fourth-order valence-electron chi connectivity index (χ4n) is 2.08. The van der Waals surface area contributed by atoms with Gasteiger partial charge in [-0.2, -0.15) is 5.10 Å². The largest absolute Gasteiger partial charge is 0.491 e. The van der Waals surface area contributed by atoms with Gasteiger partial charge in [-0.25, -0.2) is 0 Å². The highest BCUT2D eigenvalue weighted by Crippen LogP contribution is 2.26. The Labute approximate surface area is 131 Å². The first-order valence-electron chi connectivity index (χ1n) is 7.61. The number of aryl methyl sites for hydroxylation is 3. The van der Waals surface area contributed by atoms with Gasteiger partial charge in [-0.05, 0) is 43.5 Å². The van der Waals surface area contributed by atoms with Gasteiger partial charge in [0.15, 0.2) is 0 Å². The van der Waals surface area contributed by atoms with E-state index in [1.165, 1.54) is 0 Å². The Morgan fingerprint density at radius 1 is 1.32 bits per heavy atom. The minimum Gasteiger partial charge on any atom is -0.491 e. The molecule has 0 fully saturated rings. The Hall–Kier alpha value is -2.30. The van der Waals surface area contributed by atoms with Crippen molar-refractivity contribution in [2.45, 2.75) is 40.2 Å². The quantitative estimate of drug-likeness (QED) is 0.853. The van der Waals surface area contributed by atoms with Gasteiger partial charge in [-0.1, -0.05) is 13.0 Å². The summed E-state index contributed by atoms with van der Waals surface area (Å²) >= 11 is 0. The molecule has 22 heavy (non-hydrogen) atoms. The van der Waals surface area contributed by atoms with E-state index in [-0.39, 0.29) is 5.91 Å². The summed E-state index contributed by atoms with van der Waals surface area (Å²) in [4.78, 5) is 12.1. The van der Waals surface area contributed by atoms with Gasteiger partial charge in [0, 0.05) is 19.2 Å². The summed E-state index contributed by atoms with van der Waals surface area (Å²) in [6, 6.07) is 5.80. The van der Waals surface area contributed by atoms with Crippen LogP contribution >= 0.6 is 0 Å². The zero-order chi connectivity index (χ0) is 15.9. The molecule has 1 heterocycles. The van der Waals surface area contributed by atoms with Crippen molar-refractivity contribution < 1.29 is 9.53 Å². The molecule has 5 nitrogen and oxygen atoms in total. The van der Waals surface area contributed by atoms with Crippen LogP contribution in [0.1, 0.15) is 30.9 Å². The van der Waals surface area contributed by atoms with Gasteiger partial charge < -0.3 is 10.1 Å². The van der Waals surface area contributed by atoms with Gasteiger partial charge in [0.05, 0.1) is 18.5 Å². The van der Waals surface area contributed by atoms with E-state index in [9.17, 15) is 4.79 Å². The Bertz CT molecular complexity index is 635. The Morgan fingerprint density at radius 3 is 2.82 bits per heavy atom. The number of carbonyl (C=O) groups is 1. The molecule has 0 spiro atoms. The third-order valence-electron chi connectivity index (χ3n) is 3.20. The predicted octanol–water partition coefficient (Wildman–Crippen LogP) is 3.32. The van der Waals surface area contributed by atoms with Crippen LogP contribution in [0.25, 0.3) is 0 Å². The van der Waals surface area contributed by atoms with Crippen molar-refractivity contribution in [3.63, 3.8) is 0 Å². The number of nitrogens with zero attached hydrogens (tertiary/aromatic N) is 2. The van der Waals surface area contributed by atoms with Gasteiger partial charge in [-0.3, -0.25) is 9.48 Å². The van der Waals surface area contributed by atoms with Crippen LogP contribution in [-0.2, 0) is 11.3 Å². The van der Waals surface area contributed by atoms with Crippen LogP contribution in [0.15, 0.2) is 30.6 Å². The lowest BCUT2D eigenvalue weighted by Gasteiger charge is -2.13.